The van der Waals surface area contributed by atoms with Crippen LogP contribution in [0.4, 0.5) is 11.8 Å². The second kappa shape index (κ2) is 10.1. The molecule has 2 fully saturated rings. The summed E-state index contributed by atoms with van der Waals surface area (Å²) < 4.78 is 0. The molecular weight excluding hydrogens is 408 g/mol. The lowest BCUT2D eigenvalue weighted by Crippen LogP contribution is -2.50. The molecule has 3 heterocycles. The summed E-state index contributed by atoms with van der Waals surface area (Å²) in [5.41, 5.74) is 0.938. The van der Waals surface area contributed by atoms with Crippen molar-refractivity contribution in [3.8, 4) is 0 Å². The molecule has 1 aromatic heterocycles. The molecule has 4 rings (SSSR count). The molecule has 10 heteroatoms. The van der Waals surface area contributed by atoms with E-state index in [0.29, 0.717) is 13.1 Å². The maximum absolute atomic E-state index is 11.7. The first-order valence-electron chi connectivity index (χ1n) is 11.2. The maximum atomic E-state index is 11.7. The Morgan fingerprint density at radius 2 is 1.31 bits per heavy atom. The normalized spacial score (nSPS) is 18.1. The third-order valence-electron chi connectivity index (χ3n) is 6.19. The first-order chi connectivity index (χ1) is 15.6. The first-order valence-corrected chi connectivity index (χ1v) is 11.2. The van der Waals surface area contributed by atoms with Gasteiger partial charge in [0.15, 0.2) is 0 Å². The standard InChI is InChI=1S/C22H32N8O2/c1-23-19(31)15-27-7-11-29(12-8-27)21-17-5-3-4-6-18(17)25-22(26-21)30-13-9-28(10-14-30)16-20(32)24-2/h3-6H,7-16H2,1-2H3,(H,23,31)(H,24,32). The smallest absolute Gasteiger partial charge is 0.233 e. The number of amides is 2. The van der Waals surface area contributed by atoms with Gasteiger partial charge in [-0.05, 0) is 12.1 Å². The van der Waals surface area contributed by atoms with Gasteiger partial charge >= 0.3 is 0 Å². The number of nitrogens with one attached hydrogen (secondary N) is 2. The van der Waals surface area contributed by atoms with Crippen LogP contribution < -0.4 is 20.4 Å². The van der Waals surface area contributed by atoms with E-state index >= 15 is 0 Å². The van der Waals surface area contributed by atoms with E-state index in [-0.39, 0.29) is 11.8 Å². The molecule has 0 spiro atoms. The van der Waals surface area contributed by atoms with Crippen LogP contribution in [0, 0.1) is 0 Å². The molecule has 2 N–H and O–H groups in total. The Bertz CT molecular complexity index is 952. The third-order valence-corrected chi connectivity index (χ3v) is 6.19. The average Bonchev–Trinajstić information content (AvgIpc) is 2.84. The lowest BCUT2D eigenvalue weighted by Gasteiger charge is -2.37. The fraction of sp³-hybridized carbons (Fsp3) is 0.545. The van der Waals surface area contributed by atoms with Gasteiger partial charge < -0.3 is 20.4 Å². The number of carbonyl (C=O) groups excluding carboxylic acids is 2. The van der Waals surface area contributed by atoms with E-state index in [1.54, 1.807) is 14.1 Å². The van der Waals surface area contributed by atoms with Crippen molar-refractivity contribution < 1.29 is 9.59 Å². The number of rotatable bonds is 6. The lowest BCUT2D eigenvalue weighted by atomic mass is 10.2. The molecular formula is C22H32N8O2. The van der Waals surface area contributed by atoms with Gasteiger partial charge in [0, 0.05) is 71.8 Å². The molecule has 172 valence electrons. The average molecular weight is 441 g/mol. The zero-order valence-corrected chi connectivity index (χ0v) is 18.9. The summed E-state index contributed by atoms with van der Waals surface area (Å²) >= 11 is 0. The number of likely N-dealkylation sites (N-methyl/N-ethyl adjacent to an activating group) is 2. The van der Waals surface area contributed by atoms with Crippen LogP contribution in [0.3, 0.4) is 0 Å². The summed E-state index contributed by atoms with van der Waals surface area (Å²) in [6, 6.07) is 8.14. The molecule has 1 aromatic carbocycles. The van der Waals surface area contributed by atoms with Crippen LogP contribution in [0.1, 0.15) is 0 Å². The lowest BCUT2D eigenvalue weighted by molar-refractivity contribution is -0.122. The van der Waals surface area contributed by atoms with Gasteiger partial charge in [0.25, 0.3) is 0 Å². The highest BCUT2D eigenvalue weighted by Gasteiger charge is 2.25. The topological polar surface area (TPSA) is 96.9 Å². The summed E-state index contributed by atoms with van der Waals surface area (Å²) in [5.74, 6) is 1.78. The number of para-hydroxylation sites is 1. The Labute approximate surface area is 188 Å². The van der Waals surface area contributed by atoms with E-state index in [4.69, 9.17) is 9.97 Å². The van der Waals surface area contributed by atoms with Crippen molar-refractivity contribution in [2.24, 2.45) is 0 Å². The fourth-order valence-corrected chi connectivity index (χ4v) is 4.22. The van der Waals surface area contributed by atoms with Crippen molar-refractivity contribution in [2.45, 2.75) is 0 Å². The van der Waals surface area contributed by atoms with Crippen molar-refractivity contribution in [1.82, 2.24) is 30.4 Å². The summed E-state index contributed by atoms with van der Waals surface area (Å²) in [5, 5.41) is 6.43. The monoisotopic (exact) mass is 440 g/mol. The number of carbonyl (C=O) groups is 2. The Morgan fingerprint density at radius 3 is 1.88 bits per heavy atom. The summed E-state index contributed by atoms with van der Waals surface area (Å²) in [4.78, 5) is 42.1. The highest BCUT2D eigenvalue weighted by atomic mass is 16.2. The summed E-state index contributed by atoms with van der Waals surface area (Å²) in [7, 11) is 3.34. The van der Waals surface area contributed by atoms with Gasteiger partial charge in [-0.15, -0.1) is 0 Å². The molecule has 2 saturated heterocycles. The predicted octanol–water partition coefficient (Wildman–Crippen LogP) is -0.634. The Balaban J connectivity index is 1.49. The molecule has 0 radical (unpaired) electrons. The van der Waals surface area contributed by atoms with Crippen LogP contribution in [-0.4, -0.2) is 111 Å². The minimum atomic E-state index is 0.0400. The Hall–Kier alpha value is -2.98. The molecule has 0 unspecified atom stereocenters. The van der Waals surface area contributed by atoms with Crippen LogP contribution >= 0.6 is 0 Å². The van der Waals surface area contributed by atoms with E-state index < -0.39 is 0 Å². The van der Waals surface area contributed by atoms with Crippen molar-refractivity contribution in [3.63, 3.8) is 0 Å². The minimum absolute atomic E-state index is 0.0400. The number of hydrogen-bond donors (Lipinski definition) is 2. The van der Waals surface area contributed by atoms with E-state index in [0.717, 1.165) is 75.0 Å². The van der Waals surface area contributed by atoms with Crippen molar-refractivity contribution in [3.05, 3.63) is 24.3 Å². The molecule has 0 saturated carbocycles. The van der Waals surface area contributed by atoms with E-state index in [1.165, 1.54) is 0 Å². The molecule has 0 bridgehead atoms. The van der Waals surface area contributed by atoms with Crippen LogP contribution in [0.2, 0.25) is 0 Å². The summed E-state index contributed by atoms with van der Waals surface area (Å²) in [6.07, 6.45) is 0. The van der Waals surface area contributed by atoms with Crippen LogP contribution in [0.5, 0.6) is 0 Å². The SMILES string of the molecule is CNC(=O)CN1CCN(c2nc(N3CCN(CC(=O)NC)CC3)c3ccccc3n2)CC1. The van der Waals surface area contributed by atoms with E-state index in [1.807, 2.05) is 18.2 Å². The molecule has 10 nitrogen and oxygen atoms in total. The van der Waals surface area contributed by atoms with Gasteiger partial charge in [0.1, 0.15) is 5.82 Å². The van der Waals surface area contributed by atoms with Gasteiger partial charge in [0.2, 0.25) is 17.8 Å². The van der Waals surface area contributed by atoms with Crippen LogP contribution in [-0.2, 0) is 9.59 Å². The fourth-order valence-electron chi connectivity index (χ4n) is 4.22. The molecule has 0 atom stereocenters. The number of anilines is 2. The molecule has 2 aromatic rings. The van der Waals surface area contributed by atoms with Crippen LogP contribution in [0.15, 0.2) is 24.3 Å². The van der Waals surface area contributed by atoms with Crippen LogP contribution in [0.25, 0.3) is 10.9 Å². The highest BCUT2D eigenvalue weighted by molar-refractivity contribution is 5.90. The maximum Gasteiger partial charge on any atom is 0.233 e. The number of nitrogens with zero attached hydrogens (tertiary/aromatic N) is 6. The third kappa shape index (κ3) is 5.08. The van der Waals surface area contributed by atoms with E-state index in [2.05, 4.69) is 36.3 Å². The zero-order valence-electron chi connectivity index (χ0n) is 18.9. The molecule has 2 aliphatic heterocycles. The molecule has 2 aliphatic rings. The number of aromatic nitrogens is 2. The zero-order chi connectivity index (χ0) is 22.5. The molecule has 0 aliphatic carbocycles. The minimum Gasteiger partial charge on any atom is -0.358 e. The number of fused-ring (bicyclic) bond motifs is 1. The van der Waals surface area contributed by atoms with Gasteiger partial charge in [-0.3, -0.25) is 19.4 Å². The van der Waals surface area contributed by atoms with Gasteiger partial charge in [0.05, 0.1) is 18.6 Å². The quantitative estimate of drug-likeness (QED) is 0.613. The Kier molecular flexibility index (Phi) is 7.01. The van der Waals surface area contributed by atoms with Gasteiger partial charge in [-0.25, -0.2) is 4.98 Å². The molecule has 32 heavy (non-hydrogen) atoms. The van der Waals surface area contributed by atoms with Crippen molar-refractivity contribution in [2.75, 3.05) is 89.3 Å². The second-order valence-corrected chi connectivity index (χ2v) is 8.24. The first kappa shape index (κ1) is 22.2. The van der Waals surface area contributed by atoms with Gasteiger partial charge in [-0.2, -0.15) is 4.98 Å². The number of hydrogen-bond acceptors (Lipinski definition) is 8. The Morgan fingerprint density at radius 1 is 0.781 bits per heavy atom. The van der Waals surface area contributed by atoms with Crippen molar-refractivity contribution >= 4 is 34.5 Å². The van der Waals surface area contributed by atoms with E-state index in [9.17, 15) is 9.59 Å². The predicted molar refractivity (Wildman–Crippen MR) is 125 cm³/mol. The van der Waals surface area contributed by atoms with Crippen molar-refractivity contribution in [1.29, 1.82) is 0 Å². The number of piperazine rings is 2. The molecule has 2 amide bonds. The highest BCUT2D eigenvalue weighted by Crippen LogP contribution is 2.27. The second-order valence-electron chi connectivity index (χ2n) is 8.24. The van der Waals surface area contributed by atoms with Gasteiger partial charge in [-0.1, -0.05) is 12.1 Å². The largest absolute Gasteiger partial charge is 0.358 e. The number of benzene rings is 1. The summed E-state index contributed by atoms with van der Waals surface area (Å²) in [6.45, 7) is 7.31.